The van der Waals surface area contributed by atoms with Gasteiger partial charge < -0.3 is 10.1 Å². The van der Waals surface area contributed by atoms with Gasteiger partial charge in [-0.3, -0.25) is 4.79 Å². The van der Waals surface area contributed by atoms with Gasteiger partial charge in [-0.1, -0.05) is 33.8 Å². The van der Waals surface area contributed by atoms with E-state index in [0.717, 1.165) is 6.42 Å². The maximum Gasteiger partial charge on any atom is 0.338 e. The number of ether oxygens (including phenoxy) is 1. The molecule has 0 bridgehead atoms. The summed E-state index contributed by atoms with van der Waals surface area (Å²) >= 11 is 0. The Balaban J connectivity index is 2.06. The molecule has 1 fully saturated rings. The topological polar surface area (TPSA) is 92.8 Å². The molecule has 2 rings (SSSR count). The molecule has 1 heterocycles. The minimum atomic E-state index is -3.69. The Hall–Kier alpha value is -1.93. The molecule has 156 valence electrons. The van der Waals surface area contributed by atoms with E-state index in [4.69, 9.17) is 4.74 Å². The highest BCUT2D eigenvalue weighted by Crippen LogP contribution is 2.27. The molecule has 1 aliphatic rings. The number of benzene rings is 1. The number of hydrogen-bond donors (Lipinski definition) is 1. The van der Waals surface area contributed by atoms with Crippen molar-refractivity contribution in [1.29, 1.82) is 0 Å². The molecule has 2 atom stereocenters. The number of hydrogen-bond acceptors (Lipinski definition) is 5. The van der Waals surface area contributed by atoms with Crippen molar-refractivity contribution in [3.05, 3.63) is 29.8 Å². The van der Waals surface area contributed by atoms with Crippen LogP contribution in [-0.2, 0) is 19.6 Å². The molecule has 0 saturated carbocycles. The van der Waals surface area contributed by atoms with Crippen molar-refractivity contribution in [2.45, 2.75) is 39.0 Å². The number of rotatable bonds is 7. The Bertz CT molecular complexity index is 797. The van der Waals surface area contributed by atoms with Gasteiger partial charge in [-0.2, -0.15) is 4.31 Å². The summed E-state index contributed by atoms with van der Waals surface area (Å²) in [5.74, 6) is -0.243. The molecule has 1 aromatic carbocycles. The Morgan fingerprint density at radius 3 is 2.46 bits per heavy atom. The summed E-state index contributed by atoms with van der Waals surface area (Å²) in [5, 5.41) is 2.66. The summed E-state index contributed by atoms with van der Waals surface area (Å²) in [7, 11) is -3.69. The van der Waals surface area contributed by atoms with Crippen molar-refractivity contribution >= 4 is 21.9 Å². The smallest absolute Gasteiger partial charge is 0.338 e. The van der Waals surface area contributed by atoms with E-state index in [2.05, 4.69) is 5.32 Å². The van der Waals surface area contributed by atoms with Gasteiger partial charge in [0.15, 0.2) is 6.61 Å². The van der Waals surface area contributed by atoms with E-state index in [0.29, 0.717) is 25.6 Å². The normalized spacial score (nSPS) is 20.8. The second-order valence-corrected chi connectivity index (χ2v) is 10.0. The van der Waals surface area contributed by atoms with Crippen LogP contribution in [0.3, 0.4) is 0 Å². The van der Waals surface area contributed by atoms with E-state index in [1.807, 2.05) is 27.7 Å². The van der Waals surface area contributed by atoms with Gasteiger partial charge in [0, 0.05) is 19.6 Å². The lowest BCUT2D eigenvalue weighted by Crippen LogP contribution is -2.42. The van der Waals surface area contributed by atoms with Crippen LogP contribution in [0.2, 0.25) is 0 Å². The molecular weight excluding hydrogens is 380 g/mol. The predicted molar refractivity (Wildman–Crippen MR) is 106 cm³/mol. The third-order valence-corrected chi connectivity index (χ3v) is 6.41. The fourth-order valence-electron chi connectivity index (χ4n) is 3.32. The molecule has 8 heteroatoms. The zero-order valence-corrected chi connectivity index (χ0v) is 17.8. The maximum atomic E-state index is 13.0. The molecule has 1 saturated heterocycles. The summed E-state index contributed by atoms with van der Waals surface area (Å²) in [5.41, 5.74) is 0.107. The average Bonchev–Trinajstić information content (AvgIpc) is 2.63. The van der Waals surface area contributed by atoms with Crippen molar-refractivity contribution in [1.82, 2.24) is 9.62 Å². The minimum absolute atomic E-state index is 0.0625. The summed E-state index contributed by atoms with van der Waals surface area (Å²) in [6, 6.07) is 5.78. The summed E-state index contributed by atoms with van der Waals surface area (Å²) in [6.45, 7) is 9.03. The van der Waals surface area contributed by atoms with Crippen LogP contribution in [0.1, 0.15) is 44.5 Å². The zero-order valence-electron chi connectivity index (χ0n) is 17.0. The molecule has 1 aliphatic heterocycles. The molecule has 0 radical (unpaired) electrons. The number of carbonyl (C=O) groups is 2. The van der Waals surface area contributed by atoms with Crippen molar-refractivity contribution in [2.24, 2.45) is 17.8 Å². The summed E-state index contributed by atoms with van der Waals surface area (Å²) in [6.07, 6.45) is 0.997. The van der Waals surface area contributed by atoms with Crippen LogP contribution >= 0.6 is 0 Å². The number of amides is 1. The molecule has 7 nitrogen and oxygen atoms in total. The maximum absolute atomic E-state index is 13.0. The second kappa shape index (κ2) is 9.52. The Labute approximate surface area is 167 Å². The van der Waals surface area contributed by atoms with Gasteiger partial charge in [-0.15, -0.1) is 0 Å². The van der Waals surface area contributed by atoms with Gasteiger partial charge >= 0.3 is 5.97 Å². The Morgan fingerprint density at radius 1 is 1.21 bits per heavy atom. The van der Waals surface area contributed by atoms with Crippen LogP contribution in [0.4, 0.5) is 0 Å². The zero-order chi connectivity index (χ0) is 20.9. The molecule has 0 spiro atoms. The van der Waals surface area contributed by atoms with Crippen molar-refractivity contribution in [2.75, 3.05) is 26.2 Å². The van der Waals surface area contributed by atoms with Gasteiger partial charge in [0.1, 0.15) is 0 Å². The lowest BCUT2D eigenvalue weighted by atomic mass is 9.94. The molecule has 0 aromatic heterocycles. The van der Waals surface area contributed by atoms with Crippen LogP contribution in [0.25, 0.3) is 0 Å². The van der Waals surface area contributed by atoms with Gasteiger partial charge in [0.25, 0.3) is 5.91 Å². The minimum Gasteiger partial charge on any atom is -0.452 e. The third-order valence-electron chi connectivity index (χ3n) is 4.58. The molecular formula is C20H30N2O5S. The fourth-order valence-corrected chi connectivity index (χ4v) is 5.04. The number of carbonyl (C=O) groups excluding carboxylic acids is 2. The first-order valence-electron chi connectivity index (χ1n) is 9.63. The standard InChI is InChI=1S/C20H30N2O5S/c1-14(2)10-21-19(23)13-27-20(24)17-6-5-7-18(9-17)28(25,26)22-11-15(3)8-16(4)12-22/h5-7,9,14-16H,8,10-13H2,1-4H3,(H,21,23). The highest BCUT2D eigenvalue weighted by molar-refractivity contribution is 7.89. The van der Waals surface area contributed by atoms with Gasteiger partial charge in [-0.05, 0) is 42.4 Å². The molecule has 1 aromatic rings. The van der Waals surface area contributed by atoms with E-state index in [1.165, 1.54) is 28.6 Å². The first kappa shape index (κ1) is 22.4. The largest absolute Gasteiger partial charge is 0.452 e. The third kappa shape index (κ3) is 6.04. The van der Waals surface area contributed by atoms with Crippen molar-refractivity contribution in [3.63, 3.8) is 0 Å². The van der Waals surface area contributed by atoms with E-state index < -0.39 is 22.6 Å². The number of piperidine rings is 1. The highest BCUT2D eigenvalue weighted by Gasteiger charge is 2.32. The van der Waals surface area contributed by atoms with Crippen LogP contribution < -0.4 is 5.32 Å². The lowest BCUT2D eigenvalue weighted by Gasteiger charge is -2.34. The Kier molecular flexibility index (Phi) is 7.60. The van der Waals surface area contributed by atoms with Gasteiger partial charge in [0.05, 0.1) is 10.5 Å². The molecule has 0 aliphatic carbocycles. The quantitative estimate of drug-likeness (QED) is 0.696. The van der Waals surface area contributed by atoms with E-state index in [1.54, 1.807) is 0 Å². The first-order chi connectivity index (χ1) is 13.1. The average molecular weight is 411 g/mol. The van der Waals surface area contributed by atoms with Crippen LogP contribution in [0, 0.1) is 17.8 Å². The van der Waals surface area contributed by atoms with Crippen molar-refractivity contribution in [3.8, 4) is 0 Å². The molecule has 2 unspecified atom stereocenters. The van der Waals surface area contributed by atoms with Crippen molar-refractivity contribution < 1.29 is 22.7 Å². The van der Waals surface area contributed by atoms with E-state index in [9.17, 15) is 18.0 Å². The van der Waals surface area contributed by atoms with Crippen LogP contribution in [0.15, 0.2) is 29.2 Å². The number of esters is 1. The van der Waals surface area contributed by atoms with E-state index in [-0.39, 0.29) is 28.2 Å². The first-order valence-corrected chi connectivity index (χ1v) is 11.1. The number of sulfonamides is 1. The fraction of sp³-hybridized carbons (Fsp3) is 0.600. The predicted octanol–water partition coefficient (Wildman–Crippen LogP) is 2.28. The summed E-state index contributed by atoms with van der Waals surface area (Å²) in [4.78, 5) is 24.0. The highest BCUT2D eigenvalue weighted by atomic mass is 32.2. The molecule has 28 heavy (non-hydrogen) atoms. The lowest BCUT2D eigenvalue weighted by molar-refractivity contribution is -0.124. The SMILES string of the molecule is CC(C)CNC(=O)COC(=O)c1cccc(S(=O)(=O)N2CC(C)CC(C)C2)c1. The number of nitrogens with zero attached hydrogens (tertiary/aromatic N) is 1. The van der Waals surface area contributed by atoms with Gasteiger partial charge in [-0.25, -0.2) is 13.2 Å². The van der Waals surface area contributed by atoms with Crippen LogP contribution in [0.5, 0.6) is 0 Å². The van der Waals surface area contributed by atoms with Crippen LogP contribution in [-0.4, -0.2) is 50.8 Å². The summed E-state index contributed by atoms with van der Waals surface area (Å²) < 4.78 is 32.4. The Morgan fingerprint density at radius 2 is 1.86 bits per heavy atom. The molecule has 1 amide bonds. The monoisotopic (exact) mass is 410 g/mol. The van der Waals surface area contributed by atoms with Gasteiger partial charge in [0.2, 0.25) is 10.0 Å². The molecule has 1 N–H and O–H groups in total. The number of nitrogens with one attached hydrogen (secondary N) is 1. The van der Waals surface area contributed by atoms with E-state index >= 15 is 0 Å². The second-order valence-electron chi connectivity index (χ2n) is 8.07.